The molecule has 1 aliphatic rings. The summed E-state index contributed by atoms with van der Waals surface area (Å²) in [7, 11) is 1.63. The Bertz CT molecular complexity index is 1670. The molecule has 0 aliphatic carbocycles. The van der Waals surface area contributed by atoms with Crippen molar-refractivity contribution in [1.29, 1.82) is 0 Å². The second-order valence-corrected chi connectivity index (χ2v) is 10.9. The molecule has 210 valence electrons. The number of benzene rings is 4. The Morgan fingerprint density at radius 3 is 2.39 bits per heavy atom. The number of aryl methyl sites for hydroxylation is 1. The van der Waals surface area contributed by atoms with Gasteiger partial charge in [-0.25, -0.2) is 4.39 Å². The van der Waals surface area contributed by atoms with Crippen LogP contribution in [-0.4, -0.2) is 18.6 Å². The van der Waals surface area contributed by atoms with Gasteiger partial charge in [0.1, 0.15) is 29.7 Å². The zero-order valence-electron chi connectivity index (χ0n) is 24.2. The van der Waals surface area contributed by atoms with Crippen LogP contribution in [0, 0.1) is 12.7 Å². The first-order valence-electron chi connectivity index (χ1n) is 13.6. The molecule has 0 aromatic heterocycles. The van der Waals surface area contributed by atoms with Crippen LogP contribution in [0.5, 0.6) is 17.2 Å². The minimum atomic E-state index is -0.422. The number of hydrogen-bond donors (Lipinski definition) is 1. The summed E-state index contributed by atoms with van der Waals surface area (Å²) in [4.78, 5) is 12.3. The maximum absolute atomic E-state index is 14.1. The first-order valence-corrected chi connectivity index (χ1v) is 13.6. The third-order valence-electron chi connectivity index (χ3n) is 7.21. The molecule has 1 aliphatic heterocycles. The number of anilines is 1. The minimum Gasteiger partial charge on any atom is -0.496 e. The molecule has 4 aromatic rings. The summed E-state index contributed by atoms with van der Waals surface area (Å²) in [5, 5.41) is 3.60. The van der Waals surface area contributed by atoms with E-state index >= 15 is 0 Å². The van der Waals surface area contributed by atoms with Gasteiger partial charge in [0.25, 0.3) is 0 Å². The minimum absolute atomic E-state index is 0.184. The van der Waals surface area contributed by atoms with Crippen LogP contribution in [0.4, 0.5) is 10.1 Å². The number of esters is 1. The second kappa shape index (κ2) is 11.1. The standard InChI is InChI=1S/C35H34FNO4/c1-21-11-13-25(36)18-32(21)40-20-29-27(15-16-30-34(29)22(2)19-35(4,5)37-30)28-14-12-24(17-33(28)41-23(3)38)26-9-7-8-10-31(26)39-6/h7-19,37H,20H2,1-6H3. The monoisotopic (exact) mass is 551 g/mol. The highest BCUT2D eigenvalue weighted by Gasteiger charge is 2.27. The fraction of sp³-hybridized carbons (Fsp3) is 0.229. The molecule has 0 bridgehead atoms. The van der Waals surface area contributed by atoms with E-state index in [1.807, 2.05) is 61.5 Å². The van der Waals surface area contributed by atoms with Crippen molar-refractivity contribution in [2.45, 2.75) is 46.8 Å². The summed E-state index contributed by atoms with van der Waals surface area (Å²) < 4.78 is 31.7. The summed E-state index contributed by atoms with van der Waals surface area (Å²) in [5.74, 6) is 0.844. The lowest BCUT2D eigenvalue weighted by Crippen LogP contribution is -2.32. The van der Waals surface area contributed by atoms with E-state index in [0.29, 0.717) is 11.5 Å². The summed E-state index contributed by atoms with van der Waals surface area (Å²) in [6.45, 7) is 9.79. The topological polar surface area (TPSA) is 56.8 Å². The molecule has 0 atom stereocenters. The van der Waals surface area contributed by atoms with Gasteiger partial charge in [0, 0.05) is 40.9 Å². The molecule has 0 radical (unpaired) electrons. The quantitative estimate of drug-likeness (QED) is 0.184. The first kappa shape index (κ1) is 28.0. The lowest BCUT2D eigenvalue weighted by atomic mass is 9.85. The number of ether oxygens (including phenoxy) is 3. The van der Waals surface area contributed by atoms with Crippen LogP contribution in [-0.2, 0) is 11.4 Å². The van der Waals surface area contributed by atoms with Crippen LogP contribution < -0.4 is 19.5 Å². The molecule has 0 spiro atoms. The number of rotatable bonds is 7. The number of methoxy groups -OCH3 is 1. The van der Waals surface area contributed by atoms with Gasteiger partial charge in [-0.15, -0.1) is 0 Å². The molecule has 41 heavy (non-hydrogen) atoms. The molecule has 1 N–H and O–H groups in total. The molecule has 5 rings (SSSR count). The van der Waals surface area contributed by atoms with Gasteiger partial charge in [-0.3, -0.25) is 4.79 Å². The lowest BCUT2D eigenvalue weighted by molar-refractivity contribution is -0.131. The Morgan fingerprint density at radius 1 is 0.878 bits per heavy atom. The molecule has 0 amide bonds. The molecular weight excluding hydrogens is 517 g/mol. The van der Waals surface area contributed by atoms with Gasteiger partial charge in [0.15, 0.2) is 0 Å². The Labute approximate surface area is 240 Å². The van der Waals surface area contributed by atoms with Crippen molar-refractivity contribution in [2.24, 2.45) is 0 Å². The maximum atomic E-state index is 14.1. The van der Waals surface area contributed by atoms with E-state index in [4.69, 9.17) is 14.2 Å². The van der Waals surface area contributed by atoms with Crippen molar-refractivity contribution in [1.82, 2.24) is 0 Å². The molecule has 5 nitrogen and oxygen atoms in total. The SMILES string of the molecule is COc1ccccc1-c1ccc(-c2ccc3c(c2COc2cc(F)ccc2C)C(C)=CC(C)(C)N3)c(OC(C)=O)c1. The van der Waals surface area contributed by atoms with Gasteiger partial charge in [-0.1, -0.05) is 42.5 Å². The average molecular weight is 552 g/mol. The fourth-order valence-corrected chi connectivity index (χ4v) is 5.52. The maximum Gasteiger partial charge on any atom is 0.308 e. The summed E-state index contributed by atoms with van der Waals surface area (Å²) in [6, 6.07) is 22.1. The average Bonchev–Trinajstić information content (AvgIpc) is 2.92. The normalized spacial score (nSPS) is 13.5. The Morgan fingerprint density at radius 2 is 1.63 bits per heavy atom. The molecule has 0 saturated carbocycles. The fourth-order valence-electron chi connectivity index (χ4n) is 5.52. The number of hydrogen-bond acceptors (Lipinski definition) is 5. The van der Waals surface area contributed by atoms with Crippen LogP contribution in [0.2, 0.25) is 0 Å². The van der Waals surface area contributed by atoms with Gasteiger partial charge >= 0.3 is 5.97 Å². The van der Waals surface area contributed by atoms with Crippen molar-refractivity contribution in [3.63, 3.8) is 0 Å². The van der Waals surface area contributed by atoms with Gasteiger partial charge in [-0.2, -0.15) is 0 Å². The van der Waals surface area contributed by atoms with E-state index in [-0.39, 0.29) is 18.0 Å². The van der Waals surface area contributed by atoms with Crippen LogP contribution in [0.15, 0.2) is 78.9 Å². The zero-order chi connectivity index (χ0) is 29.3. The molecule has 1 heterocycles. The van der Waals surface area contributed by atoms with Crippen LogP contribution in [0.1, 0.15) is 44.4 Å². The van der Waals surface area contributed by atoms with Crippen LogP contribution in [0.25, 0.3) is 27.8 Å². The highest BCUT2D eigenvalue weighted by Crippen LogP contribution is 2.44. The molecule has 0 unspecified atom stereocenters. The van der Waals surface area contributed by atoms with E-state index in [1.54, 1.807) is 13.2 Å². The number of fused-ring (bicyclic) bond motifs is 1. The molecule has 0 fully saturated rings. The van der Waals surface area contributed by atoms with Gasteiger partial charge in [0.05, 0.1) is 12.6 Å². The van der Waals surface area contributed by atoms with E-state index in [1.165, 1.54) is 19.1 Å². The zero-order valence-corrected chi connectivity index (χ0v) is 24.2. The van der Waals surface area contributed by atoms with Crippen LogP contribution >= 0.6 is 0 Å². The Hall–Kier alpha value is -4.58. The van der Waals surface area contributed by atoms with Crippen molar-refractivity contribution in [3.8, 4) is 39.5 Å². The van der Waals surface area contributed by atoms with Gasteiger partial charge in [0.2, 0.25) is 0 Å². The third kappa shape index (κ3) is 5.82. The second-order valence-electron chi connectivity index (χ2n) is 10.9. The molecule has 0 saturated heterocycles. The smallest absolute Gasteiger partial charge is 0.308 e. The summed E-state index contributed by atoms with van der Waals surface area (Å²) in [6.07, 6.45) is 2.19. The van der Waals surface area contributed by atoms with Crippen LogP contribution in [0.3, 0.4) is 0 Å². The van der Waals surface area contributed by atoms with Gasteiger partial charge in [-0.05, 0) is 80.3 Å². The van der Waals surface area contributed by atoms with Crippen molar-refractivity contribution < 1.29 is 23.4 Å². The van der Waals surface area contributed by atoms with E-state index in [2.05, 4.69) is 32.2 Å². The summed E-state index contributed by atoms with van der Waals surface area (Å²) >= 11 is 0. The Kier molecular flexibility index (Phi) is 7.59. The number of carbonyl (C=O) groups excluding carboxylic acids is 1. The number of carbonyl (C=O) groups is 1. The third-order valence-corrected chi connectivity index (χ3v) is 7.21. The number of allylic oxidation sites excluding steroid dienone is 1. The van der Waals surface area contributed by atoms with Gasteiger partial charge < -0.3 is 19.5 Å². The van der Waals surface area contributed by atoms with Crippen molar-refractivity contribution >= 4 is 17.2 Å². The molecule has 4 aromatic carbocycles. The first-order chi connectivity index (χ1) is 19.6. The largest absolute Gasteiger partial charge is 0.496 e. The number of halogens is 1. The highest BCUT2D eigenvalue weighted by atomic mass is 19.1. The Balaban J connectivity index is 1.69. The van der Waals surface area contributed by atoms with E-state index in [9.17, 15) is 9.18 Å². The van der Waals surface area contributed by atoms with E-state index < -0.39 is 5.97 Å². The predicted molar refractivity (Wildman–Crippen MR) is 162 cm³/mol. The summed E-state index contributed by atoms with van der Waals surface area (Å²) in [5.41, 5.74) is 7.95. The molecule has 6 heteroatoms. The molecular formula is C35H34FNO4. The van der Waals surface area contributed by atoms with E-state index in [0.717, 1.165) is 56.0 Å². The van der Waals surface area contributed by atoms with Crippen molar-refractivity contribution in [3.05, 3.63) is 101 Å². The lowest BCUT2D eigenvalue weighted by Gasteiger charge is -2.33. The predicted octanol–water partition coefficient (Wildman–Crippen LogP) is 8.59. The number of para-hydroxylation sites is 1. The van der Waals surface area contributed by atoms with Crippen molar-refractivity contribution in [2.75, 3.05) is 12.4 Å². The highest BCUT2D eigenvalue weighted by molar-refractivity contribution is 5.90. The number of nitrogens with one attached hydrogen (secondary N) is 1.